The molecule has 0 bridgehead atoms. The van der Waals surface area contributed by atoms with Crippen molar-refractivity contribution in [1.29, 1.82) is 0 Å². The maximum atomic E-state index is 13.8. The van der Waals surface area contributed by atoms with Crippen LogP contribution in [0.25, 0.3) is 0 Å². The Morgan fingerprint density at radius 2 is 2.11 bits per heavy atom. The molecule has 2 heterocycles. The molecular weight excluding hydrogens is 229 g/mol. The van der Waals surface area contributed by atoms with E-state index in [0.717, 1.165) is 13.1 Å². The van der Waals surface area contributed by atoms with E-state index in [9.17, 15) is 4.39 Å². The van der Waals surface area contributed by atoms with Crippen LogP contribution in [0, 0.1) is 17.7 Å². The Labute approximate surface area is 109 Å². The standard InChI is InChI=1S/C14H22FN3/c1-10(2)11-8-18(9-13(11)17(3)4)14-12(15)6-5-7-16-14/h5-7,10-11,13H,8-9H2,1-4H3/t11-,13+/m1/s1. The van der Waals surface area contributed by atoms with Gasteiger partial charge in [0.25, 0.3) is 0 Å². The predicted molar refractivity (Wildman–Crippen MR) is 72.2 cm³/mol. The summed E-state index contributed by atoms with van der Waals surface area (Å²) in [4.78, 5) is 8.50. The van der Waals surface area contributed by atoms with Gasteiger partial charge < -0.3 is 9.80 Å². The maximum Gasteiger partial charge on any atom is 0.165 e. The second-order valence-electron chi connectivity index (χ2n) is 5.65. The number of hydrogen-bond donors (Lipinski definition) is 0. The van der Waals surface area contributed by atoms with Crippen LogP contribution in [0.15, 0.2) is 18.3 Å². The van der Waals surface area contributed by atoms with Crippen molar-refractivity contribution < 1.29 is 4.39 Å². The zero-order valence-corrected chi connectivity index (χ0v) is 11.6. The molecular formula is C14H22FN3. The molecule has 1 saturated heterocycles. The molecule has 1 aromatic rings. The summed E-state index contributed by atoms with van der Waals surface area (Å²) < 4.78 is 13.8. The predicted octanol–water partition coefficient (Wildman–Crippen LogP) is 2.24. The fraction of sp³-hybridized carbons (Fsp3) is 0.643. The molecule has 1 aliphatic heterocycles. The molecule has 0 aromatic carbocycles. The van der Waals surface area contributed by atoms with E-state index < -0.39 is 0 Å². The van der Waals surface area contributed by atoms with Crippen LogP contribution in [0.2, 0.25) is 0 Å². The van der Waals surface area contributed by atoms with Crippen LogP contribution in [-0.2, 0) is 0 Å². The summed E-state index contributed by atoms with van der Waals surface area (Å²) in [5, 5.41) is 0. The van der Waals surface area contributed by atoms with Gasteiger partial charge in [-0.1, -0.05) is 13.8 Å². The van der Waals surface area contributed by atoms with Gasteiger partial charge in [-0.25, -0.2) is 9.37 Å². The normalized spacial score (nSPS) is 24.3. The van der Waals surface area contributed by atoms with Gasteiger partial charge in [-0.15, -0.1) is 0 Å². The van der Waals surface area contributed by atoms with Crippen LogP contribution in [0.5, 0.6) is 0 Å². The van der Waals surface area contributed by atoms with Gasteiger partial charge in [-0.3, -0.25) is 0 Å². The summed E-state index contributed by atoms with van der Waals surface area (Å²) in [5.41, 5.74) is 0. The van der Waals surface area contributed by atoms with Crippen LogP contribution in [-0.4, -0.2) is 43.1 Å². The van der Waals surface area contributed by atoms with Gasteiger partial charge >= 0.3 is 0 Å². The third kappa shape index (κ3) is 2.48. The lowest BCUT2D eigenvalue weighted by molar-refractivity contribution is 0.216. The smallest absolute Gasteiger partial charge is 0.165 e. The second kappa shape index (κ2) is 5.22. The zero-order chi connectivity index (χ0) is 13.3. The Balaban J connectivity index is 2.21. The van der Waals surface area contributed by atoms with Gasteiger partial charge in [0.1, 0.15) is 0 Å². The quantitative estimate of drug-likeness (QED) is 0.821. The number of halogens is 1. The number of aromatic nitrogens is 1. The third-order valence-electron chi connectivity index (χ3n) is 3.89. The average molecular weight is 251 g/mol. The van der Waals surface area contributed by atoms with Crippen molar-refractivity contribution >= 4 is 5.82 Å². The summed E-state index contributed by atoms with van der Waals surface area (Å²) in [6.07, 6.45) is 1.66. The Morgan fingerprint density at radius 1 is 1.39 bits per heavy atom. The van der Waals surface area contributed by atoms with E-state index in [0.29, 0.717) is 23.7 Å². The summed E-state index contributed by atoms with van der Waals surface area (Å²) >= 11 is 0. The molecule has 0 spiro atoms. The highest BCUT2D eigenvalue weighted by atomic mass is 19.1. The molecule has 0 saturated carbocycles. The van der Waals surface area contributed by atoms with Crippen molar-refractivity contribution in [2.24, 2.45) is 11.8 Å². The first-order valence-electron chi connectivity index (χ1n) is 6.52. The molecule has 4 heteroatoms. The zero-order valence-electron chi connectivity index (χ0n) is 11.6. The summed E-state index contributed by atoms with van der Waals surface area (Å²) in [5.74, 6) is 1.42. The lowest BCUT2D eigenvalue weighted by Gasteiger charge is -2.27. The topological polar surface area (TPSA) is 19.4 Å². The molecule has 1 aliphatic rings. The van der Waals surface area contributed by atoms with Gasteiger partial charge in [0.2, 0.25) is 0 Å². The van der Waals surface area contributed by atoms with Crippen LogP contribution in [0.4, 0.5) is 10.2 Å². The summed E-state index contributed by atoms with van der Waals surface area (Å²) in [6.45, 7) is 6.21. The molecule has 3 nitrogen and oxygen atoms in total. The molecule has 2 rings (SSSR count). The van der Waals surface area contributed by atoms with Crippen molar-refractivity contribution in [2.45, 2.75) is 19.9 Å². The lowest BCUT2D eigenvalue weighted by Crippen LogP contribution is -2.37. The minimum atomic E-state index is -0.223. The van der Waals surface area contributed by atoms with Crippen molar-refractivity contribution in [3.05, 3.63) is 24.1 Å². The highest BCUT2D eigenvalue weighted by Gasteiger charge is 2.37. The number of nitrogens with zero attached hydrogens (tertiary/aromatic N) is 3. The largest absolute Gasteiger partial charge is 0.352 e. The van der Waals surface area contributed by atoms with Gasteiger partial charge in [0, 0.05) is 25.3 Å². The first kappa shape index (κ1) is 13.3. The Bertz CT molecular complexity index is 390. The summed E-state index contributed by atoms with van der Waals surface area (Å²) in [6, 6.07) is 3.58. The first-order valence-corrected chi connectivity index (χ1v) is 6.52. The molecule has 0 N–H and O–H groups in total. The van der Waals surface area contributed by atoms with E-state index in [1.54, 1.807) is 12.3 Å². The molecule has 0 radical (unpaired) electrons. The fourth-order valence-electron chi connectivity index (χ4n) is 2.80. The SMILES string of the molecule is CC(C)[C@H]1CN(c2ncccc2F)C[C@@H]1N(C)C. The van der Waals surface area contributed by atoms with Gasteiger partial charge in [0.05, 0.1) is 0 Å². The number of rotatable bonds is 3. The minimum Gasteiger partial charge on any atom is -0.352 e. The van der Waals surface area contributed by atoms with E-state index in [4.69, 9.17) is 0 Å². The average Bonchev–Trinajstić information content (AvgIpc) is 2.74. The second-order valence-corrected chi connectivity index (χ2v) is 5.65. The molecule has 0 unspecified atom stereocenters. The molecule has 0 amide bonds. The lowest BCUT2D eigenvalue weighted by atomic mass is 9.91. The molecule has 18 heavy (non-hydrogen) atoms. The fourth-order valence-corrected chi connectivity index (χ4v) is 2.80. The van der Waals surface area contributed by atoms with Crippen molar-refractivity contribution in [1.82, 2.24) is 9.88 Å². The van der Waals surface area contributed by atoms with Gasteiger partial charge in [-0.2, -0.15) is 0 Å². The number of anilines is 1. The van der Waals surface area contributed by atoms with E-state index in [1.165, 1.54) is 6.07 Å². The van der Waals surface area contributed by atoms with Crippen molar-refractivity contribution in [2.75, 3.05) is 32.1 Å². The number of likely N-dealkylation sites (N-methyl/N-ethyl adjacent to an activating group) is 1. The Hall–Kier alpha value is -1.16. The highest BCUT2D eigenvalue weighted by Crippen LogP contribution is 2.30. The molecule has 1 aromatic heterocycles. The van der Waals surface area contributed by atoms with Crippen LogP contribution in [0.3, 0.4) is 0 Å². The van der Waals surface area contributed by atoms with Crippen LogP contribution in [0.1, 0.15) is 13.8 Å². The molecule has 1 fully saturated rings. The molecule has 2 atom stereocenters. The van der Waals surface area contributed by atoms with E-state index >= 15 is 0 Å². The third-order valence-corrected chi connectivity index (χ3v) is 3.89. The molecule has 100 valence electrons. The highest BCUT2D eigenvalue weighted by molar-refractivity contribution is 5.41. The summed E-state index contributed by atoms with van der Waals surface area (Å²) in [7, 11) is 4.19. The minimum absolute atomic E-state index is 0.223. The maximum absolute atomic E-state index is 13.8. The first-order chi connectivity index (χ1) is 8.50. The number of pyridine rings is 1. The Morgan fingerprint density at radius 3 is 2.61 bits per heavy atom. The monoisotopic (exact) mass is 251 g/mol. The van der Waals surface area contributed by atoms with Crippen molar-refractivity contribution in [3.63, 3.8) is 0 Å². The van der Waals surface area contributed by atoms with Crippen molar-refractivity contribution in [3.8, 4) is 0 Å². The van der Waals surface area contributed by atoms with E-state index in [2.05, 4.69) is 42.7 Å². The van der Waals surface area contributed by atoms with E-state index in [-0.39, 0.29) is 5.82 Å². The Kier molecular flexibility index (Phi) is 3.85. The van der Waals surface area contributed by atoms with Gasteiger partial charge in [-0.05, 0) is 38.1 Å². The number of hydrogen-bond acceptors (Lipinski definition) is 3. The van der Waals surface area contributed by atoms with Crippen LogP contribution >= 0.6 is 0 Å². The van der Waals surface area contributed by atoms with E-state index in [1.807, 2.05) is 0 Å². The van der Waals surface area contributed by atoms with Gasteiger partial charge in [0.15, 0.2) is 11.6 Å². The molecule has 0 aliphatic carbocycles. The van der Waals surface area contributed by atoms with Crippen LogP contribution < -0.4 is 4.90 Å².